The van der Waals surface area contributed by atoms with E-state index in [4.69, 9.17) is 4.74 Å². The van der Waals surface area contributed by atoms with E-state index < -0.39 is 11.1 Å². The van der Waals surface area contributed by atoms with Crippen LogP contribution in [0.25, 0.3) is 0 Å². The third-order valence-electron chi connectivity index (χ3n) is 6.56. The van der Waals surface area contributed by atoms with Crippen molar-refractivity contribution in [1.82, 2.24) is 9.80 Å². The molecule has 2 amide bonds. The second kappa shape index (κ2) is 7.10. The fraction of sp³-hybridized carbons (Fsp3) is 0.391. The van der Waals surface area contributed by atoms with Gasteiger partial charge in [0.05, 0.1) is 6.54 Å². The van der Waals surface area contributed by atoms with E-state index in [-0.39, 0.29) is 17.7 Å². The van der Waals surface area contributed by atoms with Crippen LogP contribution in [0.15, 0.2) is 54.6 Å². The fourth-order valence-corrected chi connectivity index (χ4v) is 4.71. The lowest BCUT2D eigenvalue weighted by atomic mass is 9.70. The second-order valence-corrected chi connectivity index (χ2v) is 8.06. The Bertz CT molecular complexity index is 904. The molecule has 2 fully saturated rings. The Balaban J connectivity index is 1.74. The molecule has 6 nitrogen and oxygen atoms in total. The van der Waals surface area contributed by atoms with Crippen LogP contribution in [0, 0.1) is 0 Å². The third-order valence-corrected chi connectivity index (χ3v) is 6.56. The summed E-state index contributed by atoms with van der Waals surface area (Å²) in [5, 5.41) is 9.58. The molecular formula is C23H26N2O4. The maximum absolute atomic E-state index is 13.1. The SMILES string of the molecule is CC(=O)N1CCC2(CC1)OC(=O)N(Cc1ccc(O)cc1)C2(C)c1ccccc1. The number of likely N-dealkylation sites (tertiary alicyclic amines) is 1. The molecule has 6 heteroatoms. The molecule has 2 heterocycles. The van der Waals surface area contributed by atoms with E-state index in [0.29, 0.717) is 32.5 Å². The predicted octanol–water partition coefficient (Wildman–Crippen LogP) is 3.64. The van der Waals surface area contributed by atoms with E-state index in [1.54, 1.807) is 24.0 Å². The topological polar surface area (TPSA) is 70.1 Å². The highest BCUT2D eigenvalue weighted by Crippen LogP contribution is 2.52. The highest BCUT2D eigenvalue weighted by molar-refractivity contribution is 5.75. The zero-order valence-electron chi connectivity index (χ0n) is 16.8. The van der Waals surface area contributed by atoms with Crippen molar-refractivity contribution in [2.75, 3.05) is 13.1 Å². The van der Waals surface area contributed by atoms with Crippen molar-refractivity contribution in [1.29, 1.82) is 0 Å². The molecule has 2 aromatic rings. The summed E-state index contributed by atoms with van der Waals surface area (Å²) < 4.78 is 6.10. The Morgan fingerprint density at radius 2 is 1.69 bits per heavy atom. The number of amides is 2. The van der Waals surface area contributed by atoms with Crippen LogP contribution in [0.4, 0.5) is 4.79 Å². The standard InChI is InChI=1S/C23H26N2O4/c1-17(26)24-14-12-23(13-15-24)22(2,19-6-4-3-5-7-19)25(21(28)29-23)16-18-8-10-20(27)11-9-18/h3-11,27H,12-16H2,1-2H3. The number of hydrogen-bond donors (Lipinski definition) is 1. The first-order chi connectivity index (χ1) is 13.9. The van der Waals surface area contributed by atoms with Crippen LogP contribution < -0.4 is 0 Å². The van der Waals surface area contributed by atoms with Crippen molar-refractivity contribution in [3.63, 3.8) is 0 Å². The molecule has 2 aromatic carbocycles. The Morgan fingerprint density at radius 3 is 2.28 bits per heavy atom. The normalized spacial score (nSPS) is 23.3. The van der Waals surface area contributed by atoms with E-state index in [2.05, 4.69) is 6.92 Å². The minimum absolute atomic E-state index is 0.0477. The van der Waals surface area contributed by atoms with Gasteiger partial charge in [0, 0.05) is 32.9 Å². The number of phenolic OH excluding ortho intramolecular Hbond substituents is 1. The smallest absolute Gasteiger partial charge is 0.411 e. The van der Waals surface area contributed by atoms with Crippen molar-refractivity contribution >= 4 is 12.0 Å². The number of rotatable bonds is 3. The summed E-state index contributed by atoms with van der Waals surface area (Å²) in [5.41, 5.74) is 0.557. The largest absolute Gasteiger partial charge is 0.508 e. The molecule has 152 valence electrons. The number of ether oxygens (including phenoxy) is 1. The van der Waals surface area contributed by atoms with Gasteiger partial charge >= 0.3 is 6.09 Å². The van der Waals surface area contributed by atoms with Gasteiger partial charge in [0.2, 0.25) is 5.91 Å². The lowest BCUT2D eigenvalue weighted by Crippen LogP contribution is -2.58. The fourth-order valence-electron chi connectivity index (χ4n) is 4.71. The Morgan fingerprint density at radius 1 is 1.07 bits per heavy atom. The molecule has 4 rings (SSSR count). The summed E-state index contributed by atoms with van der Waals surface area (Å²) in [4.78, 5) is 28.5. The van der Waals surface area contributed by atoms with Crippen molar-refractivity contribution in [3.05, 3.63) is 65.7 Å². The third kappa shape index (κ3) is 3.12. The van der Waals surface area contributed by atoms with Crippen molar-refractivity contribution in [3.8, 4) is 5.75 Å². The first-order valence-electron chi connectivity index (χ1n) is 9.95. The van der Waals surface area contributed by atoms with Crippen LogP contribution >= 0.6 is 0 Å². The first-order valence-corrected chi connectivity index (χ1v) is 9.95. The second-order valence-electron chi connectivity index (χ2n) is 8.06. The van der Waals surface area contributed by atoms with Crippen LogP contribution in [0.5, 0.6) is 5.75 Å². The van der Waals surface area contributed by atoms with Gasteiger partial charge in [-0.3, -0.25) is 9.69 Å². The van der Waals surface area contributed by atoms with E-state index in [1.807, 2.05) is 47.4 Å². The Labute approximate surface area is 170 Å². The maximum atomic E-state index is 13.1. The molecular weight excluding hydrogens is 368 g/mol. The maximum Gasteiger partial charge on any atom is 0.411 e. The highest BCUT2D eigenvalue weighted by Gasteiger charge is 2.63. The molecule has 1 spiro atoms. The Kier molecular flexibility index (Phi) is 4.73. The molecule has 0 bridgehead atoms. The zero-order valence-corrected chi connectivity index (χ0v) is 16.8. The quantitative estimate of drug-likeness (QED) is 0.863. The van der Waals surface area contributed by atoms with Gasteiger partial charge in [0.15, 0.2) is 0 Å². The summed E-state index contributed by atoms with van der Waals surface area (Å²) in [6, 6.07) is 16.8. The summed E-state index contributed by atoms with van der Waals surface area (Å²) in [7, 11) is 0. The number of nitrogens with zero attached hydrogens (tertiary/aromatic N) is 2. The molecule has 1 N–H and O–H groups in total. The molecule has 2 saturated heterocycles. The number of aromatic hydroxyl groups is 1. The van der Waals surface area contributed by atoms with Crippen LogP contribution in [-0.4, -0.2) is 45.6 Å². The number of carbonyl (C=O) groups is 2. The van der Waals surface area contributed by atoms with Gasteiger partial charge in [-0.2, -0.15) is 0 Å². The Hall–Kier alpha value is -3.02. The number of piperidine rings is 1. The predicted molar refractivity (Wildman–Crippen MR) is 108 cm³/mol. The van der Waals surface area contributed by atoms with E-state index in [9.17, 15) is 14.7 Å². The molecule has 0 aromatic heterocycles. The van der Waals surface area contributed by atoms with Gasteiger partial charge in [0.1, 0.15) is 16.9 Å². The van der Waals surface area contributed by atoms with Crippen LogP contribution in [-0.2, 0) is 21.6 Å². The molecule has 0 saturated carbocycles. The van der Waals surface area contributed by atoms with Crippen molar-refractivity contribution in [2.45, 2.75) is 44.4 Å². The average molecular weight is 394 g/mol. The van der Waals surface area contributed by atoms with E-state index in [0.717, 1.165) is 11.1 Å². The number of benzene rings is 2. The lowest BCUT2D eigenvalue weighted by Gasteiger charge is -2.48. The van der Waals surface area contributed by atoms with Crippen molar-refractivity contribution in [2.24, 2.45) is 0 Å². The van der Waals surface area contributed by atoms with Gasteiger partial charge in [-0.1, -0.05) is 42.5 Å². The molecule has 2 aliphatic rings. The molecule has 29 heavy (non-hydrogen) atoms. The summed E-state index contributed by atoms with van der Waals surface area (Å²) in [5.74, 6) is 0.239. The number of phenols is 1. The molecule has 0 aliphatic carbocycles. The number of hydrogen-bond acceptors (Lipinski definition) is 4. The zero-order chi connectivity index (χ0) is 20.6. The van der Waals surface area contributed by atoms with E-state index >= 15 is 0 Å². The van der Waals surface area contributed by atoms with Gasteiger partial charge in [-0.15, -0.1) is 0 Å². The van der Waals surface area contributed by atoms with Gasteiger partial charge in [-0.25, -0.2) is 4.79 Å². The van der Waals surface area contributed by atoms with Gasteiger partial charge in [0.25, 0.3) is 0 Å². The summed E-state index contributed by atoms with van der Waals surface area (Å²) in [6.45, 7) is 5.15. The summed E-state index contributed by atoms with van der Waals surface area (Å²) in [6.07, 6.45) is 0.840. The van der Waals surface area contributed by atoms with Gasteiger partial charge in [-0.05, 0) is 30.2 Å². The minimum Gasteiger partial charge on any atom is -0.508 e. The van der Waals surface area contributed by atoms with Gasteiger partial charge < -0.3 is 14.7 Å². The monoisotopic (exact) mass is 394 g/mol. The van der Waals surface area contributed by atoms with Crippen LogP contribution in [0.2, 0.25) is 0 Å². The molecule has 1 unspecified atom stereocenters. The molecule has 1 atom stereocenters. The van der Waals surface area contributed by atoms with Crippen molar-refractivity contribution < 1.29 is 19.4 Å². The lowest BCUT2D eigenvalue weighted by molar-refractivity contribution is -0.134. The molecule has 0 radical (unpaired) electrons. The summed E-state index contributed by atoms with van der Waals surface area (Å²) >= 11 is 0. The molecule has 2 aliphatic heterocycles. The number of carbonyl (C=O) groups excluding carboxylic acids is 2. The first kappa shape index (κ1) is 19.3. The van der Waals surface area contributed by atoms with Crippen LogP contribution in [0.3, 0.4) is 0 Å². The minimum atomic E-state index is -0.700. The van der Waals surface area contributed by atoms with E-state index in [1.165, 1.54) is 0 Å². The highest BCUT2D eigenvalue weighted by atomic mass is 16.6. The van der Waals surface area contributed by atoms with Crippen LogP contribution in [0.1, 0.15) is 37.8 Å². The average Bonchev–Trinajstić information content (AvgIpc) is 2.92.